The van der Waals surface area contributed by atoms with Crippen molar-refractivity contribution < 1.29 is 0 Å². The number of nitrogens with two attached hydrogens (primary N) is 2. The standard InChI is InChI=1S/C18H19N5O2/c1-11-2-5-13(15(20)8-11)9-16-17(24)21-18(25)23(22-16)10-12-3-6-14(19)7-4-12/h2-8H,9-10,19-20H2,1H3,(H,21,24,25). The molecule has 25 heavy (non-hydrogen) atoms. The Morgan fingerprint density at radius 1 is 1.08 bits per heavy atom. The van der Waals surface area contributed by atoms with Crippen LogP contribution in [0.3, 0.4) is 0 Å². The van der Waals surface area contributed by atoms with Crippen molar-refractivity contribution in [1.29, 1.82) is 0 Å². The number of H-pyrrole nitrogens is 1. The molecule has 0 fully saturated rings. The van der Waals surface area contributed by atoms with Crippen molar-refractivity contribution in [2.24, 2.45) is 0 Å². The molecule has 0 atom stereocenters. The molecule has 1 aromatic heterocycles. The molecule has 1 heterocycles. The fraction of sp³-hybridized carbons (Fsp3) is 0.167. The average molecular weight is 337 g/mol. The van der Waals surface area contributed by atoms with E-state index in [9.17, 15) is 9.59 Å². The lowest BCUT2D eigenvalue weighted by Crippen LogP contribution is -2.35. The first-order chi connectivity index (χ1) is 11.9. The molecule has 3 rings (SSSR count). The van der Waals surface area contributed by atoms with E-state index in [1.807, 2.05) is 37.3 Å². The first-order valence-electron chi connectivity index (χ1n) is 7.82. The number of benzene rings is 2. The average Bonchev–Trinajstić information content (AvgIpc) is 2.56. The van der Waals surface area contributed by atoms with Crippen LogP contribution >= 0.6 is 0 Å². The Morgan fingerprint density at radius 3 is 2.48 bits per heavy atom. The summed E-state index contributed by atoms with van der Waals surface area (Å²) in [6, 6.07) is 12.7. The van der Waals surface area contributed by atoms with Crippen LogP contribution in [0.2, 0.25) is 0 Å². The number of nitrogens with one attached hydrogen (secondary N) is 1. The molecule has 0 saturated carbocycles. The van der Waals surface area contributed by atoms with Gasteiger partial charge in [-0.05, 0) is 41.8 Å². The fourth-order valence-corrected chi connectivity index (χ4v) is 2.54. The molecule has 7 nitrogen and oxygen atoms in total. The molecule has 0 spiro atoms. The monoisotopic (exact) mass is 337 g/mol. The van der Waals surface area contributed by atoms with Crippen molar-refractivity contribution in [3.8, 4) is 0 Å². The van der Waals surface area contributed by atoms with Gasteiger partial charge in [0.15, 0.2) is 0 Å². The lowest BCUT2D eigenvalue weighted by Gasteiger charge is -2.09. The third kappa shape index (κ3) is 3.77. The van der Waals surface area contributed by atoms with E-state index in [0.29, 0.717) is 11.4 Å². The molecule has 5 N–H and O–H groups in total. The summed E-state index contributed by atoms with van der Waals surface area (Å²) < 4.78 is 1.23. The van der Waals surface area contributed by atoms with Crippen molar-refractivity contribution in [3.63, 3.8) is 0 Å². The largest absolute Gasteiger partial charge is 0.399 e. The van der Waals surface area contributed by atoms with Gasteiger partial charge < -0.3 is 11.5 Å². The molecular formula is C18H19N5O2. The Balaban J connectivity index is 1.93. The van der Waals surface area contributed by atoms with Crippen molar-refractivity contribution in [1.82, 2.24) is 14.8 Å². The quantitative estimate of drug-likeness (QED) is 0.615. The predicted molar refractivity (Wildman–Crippen MR) is 97.5 cm³/mol. The second-order valence-corrected chi connectivity index (χ2v) is 5.98. The summed E-state index contributed by atoms with van der Waals surface area (Å²) in [5.41, 5.74) is 14.8. The summed E-state index contributed by atoms with van der Waals surface area (Å²) in [5, 5.41) is 4.22. The molecule has 0 bridgehead atoms. The van der Waals surface area contributed by atoms with Gasteiger partial charge in [-0.15, -0.1) is 0 Å². The zero-order valence-corrected chi connectivity index (χ0v) is 13.8. The van der Waals surface area contributed by atoms with Crippen molar-refractivity contribution >= 4 is 11.4 Å². The number of hydrogen-bond donors (Lipinski definition) is 3. The van der Waals surface area contributed by atoms with Gasteiger partial charge in [0.25, 0.3) is 5.56 Å². The van der Waals surface area contributed by atoms with Crippen molar-refractivity contribution in [2.75, 3.05) is 11.5 Å². The third-order valence-corrected chi connectivity index (χ3v) is 3.93. The number of aromatic nitrogens is 3. The van der Waals surface area contributed by atoms with E-state index in [2.05, 4.69) is 10.1 Å². The molecule has 0 amide bonds. The van der Waals surface area contributed by atoms with Gasteiger partial charge in [-0.3, -0.25) is 9.78 Å². The summed E-state index contributed by atoms with van der Waals surface area (Å²) in [6.45, 7) is 2.18. The number of anilines is 2. The van der Waals surface area contributed by atoms with Gasteiger partial charge in [0.05, 0.1) is 6.54 Å². The smallest absolute Gasteiger partial charge is 0.345 e. The number of rotatable bonds is 4. The fourth-order valence-electron chi connectivity index (χ4n) is 2.54. The first-order valence-corrected chi connectivity index (χ1v) is 7.82. The summed E-state index contributed by atoms with van der Waals surface area (Å²) in [6.07, 6.45) is 0.253. The van der Waals surface area contributed by atoms with E-state index in [1.54, 1.807) is 12.1 Å². The molecule has 7 heteroatoms. The molecule has 0 radical (unpaired) electrons. The molecule has 2 aromatic carbocycles. The van der Waals surface area contributed by atoms with Gasteiger partial charge in [0.1, 0.15) is 5.69 Å². The maximum Gasteiger partial charge on any atom is 0.345 e. The van der Waals surface area contributed by atoms with Crippen LogP contribution < -0.4 is 22.7 Å². The Morgan fingerprint density at radius 2 is 1.80 bits per heavy atom. The van der Waals surface area contributed by atoms with Crippen LogP contribution in [0.15, 0.2) is 52.1 Å². The maximum absolute atomic E-state index is 12.1. The van der Waals surface area contributed by atoms with E-state index in [0.717, 1.165) is 16.7 Å². The third-order valence-electron chi connectivity index (χ3n) is 3.93. The number of nitrogens with zero attached hydrogens (tertiary/aromatic N) is 2. The lowest BCUT2D eigenvalue weighted by molar-refractivity contribution is 0.590. The normalized spacial score (nSPS) is 10.8. The van der Waals surface area contributed by atoms with E-state index >= 15 is 0 Å². The van der Waals surface area contributed by atoms with Crippen LogP contribution in [0.5, 0.6) is 0 Å². The highest BCUT2D eigenvalue weighted by Crippen LogP contribution is 2.15. The Labute approximate surface area is 143 Å². The topological polar surface area (TPSA) is 120 Å². The van der Waals surface area contributed by atoms with Gasteiger partial charge in [0, 0.05) is 17.8 Å². The molecule has 0 saturated heterocycles. The van der Waals surface area contributed by atoms with Crippen LogP contribution in [0, 0.1) is 6.92 Å². The first kappa shape index (κ1) is 16.5. The van der Waals surface area contributed by atoms with E-state index in [4.69, 9.17) is 11.5 Å². The molecule has 3 aromatic rings. The van der Waals surface area contributed by atoms with E-state index in [1.165, 1.54) is 4.68 Å². The van der Waals surface area contributed by atoms with Crippen LogP contribution in [0.1, 0.15) is 22.4 Å². The second-order valence-electron chi connectivity index (χ2n) is 5.98. The minimum Gasteiger partial charge on any atom is -0.399 e. The molecule has 0 aliphatic carbocycles. The highest BCUT2D eigenvalue weighted by molar-refractivity contribution is 5.50. The summed E-state index contributed by atoms with van der Waals surface area (Å²) in [4.78, 5) is 26.4. The summed E-state index contributed by atoms with van der Waals surface area (Å²) >= 11 is 0. The summed E-state index contributed by atoms with van der Waals surface area (Å²) in [5.74, 6) is 0. The molecular weight excluding hydrogens is 318 g/mol. The van der Waals surface area contributed by atoms with Crippen LogP contribution in [-0.2, 0) is 13.0 Å². The van der Waals surface area contributed by atoms with Crippen LogP contribution in [-0.4, -0.2) is 14.8 Å². The molecule has 0 aliphatic rings. The number of nitrogen functional groups attached to an aromatic ring is 2. The zero-order chi connectivity index (χ0) is 18.0. The van der Waals surface area contributed by atoms with Gasteiger partial charge in [-0.25, -0.2) is 9.48 Å². The van der Waals surface area contributed by atoms with Crippen molar-refractivity contribution in [3.05, 3.63) is 85.7 Å². The van der Waals surface area contributed by atoms with Crippen molar-refractivity contribution in [2.45, 2.75) is 19.9 Å². The minimum atomic E-state index is -0.553. The molecule has 0 aliphatic heterocycles. The van der Waals surface area contributed by atoms with Crippen LogP contribution in [0.25, 0.3) is 0 Å². The van der Waals surface area contributed by atoms with Gasteiger partial charge in [-0.1, -0.05) is 24.3 Å². The maximum atomic E-state index is 12.1. The number of aryl methyl sites for hydroxylation is 1. The van der Waals surface area contributed by atoms with Gasteiger partial charge in [-0.2, -0.15) is 5.10 Å². The Bertz CT molecular complexity index is 1020. The zero-order valence-electron chi connectivity index (χ0n) is 13.8. The molecule has 128 valence electrons. The number of aromatic amines is 1. The molecule has 0 unspecified atom stereocenters. The predicted octanol–water partition coefficient (Wildman–Crippen LogP) is 1.04. The minimum absolute atomic E-state index is 0.241. The SMILES string of the molecule is Cc1ccc(Cc2nn(Cc3ccc(N)cc3)c(=O)[nH]c2=O)c(N)c1. The van der Waals surface area contributed by atoms with E-state index in [-0.39, 0.29) is 18.7 Å². The number of hydrogen-bond acceptors (Lipinski definition) is 5. The highest BCUT2D eigenvalue weighted by Gasteiger charge is 2.10. The van der Waals surface area contributed by atoms with Gasteiger partial charge >= 0.3 is 5.69 Å². The van der Waals surface area contributed by atoms with E-state index < -0.39 is 11.2 Å². The Kier molecular flexibility index (Phi) is 4.38. The lowest BCUT2D eigenvalue weighted by atomic mass is 10.1. The Hall–Kier alpha value is -3.35. The summed E-state index contributed by atoms with van der Waals surface area (Å²) in [7, 11) is 0. The highest BCUT2D eigenvalue weighted by atomic mass is 16.2. The van der Waals surface area contributed by atoms with Gasteiger partial charge in [0.2, 0.25) is 0 Å². The van der Waals surface area contributed by atoms with Crippen LogP contribution in [0.4, 0.5) is 11.4 Å². The second kappa shape index (κ2) is 6.64.